The number of aromatic nitrogens is 4. The highest BCUT2D eigenvalue weighted by molar-refractivity contribution is 5.93. The molecule has 0 atom stereocenters. The molecule has 0 saturated carbocycles. The van der Waals surface area contributed by atoms with E-state index in [1.165, 1.54) is 24.1 Å². The summed E-state index contributed by atoms with van der Waals surface area (Å²) in [4.78, 5) is 21.5. The Balaban J connectivity index is 1.56. The number of hydrogen-bond donors (Lipinski definition) is 2. The van der Waals surface area contributed by atoms with Crippen LogP contribution < -0.4 is 10.6 Å². The molecule has 0 radical (unpaired) electrons. The van der Waals surface area contributed by atoms with E-state index in [0.717, 1.165) is 48.0 Å². The van der Waals surface area contributed by atoms with Gasteiger partial charge in [0.05, 0.1) is 30.2 Å². The van der Waals surface area contributed by atoms with Gasteiger partial charge in [-0.2, -0.15) is 5.10 Å². The first-order valence-corrected chi connectivity index (χ1v) is 9.39. The fourth-order valence-electron chi connectivity index (χ4n) is 3.58. The van der Waals surface area contributed by atoms with Crippen LogP contribution in [0, 0.1) is 20.8 Å². The lowest BCUT2D eigenvalue weighted by Gasteiger charge is -2.17. The largest absolute Gasteiger partial charge is 0.322 e. The molecule has 2 aromatic rings. The topological polar surface area (TPSA) is 84.7 Å². The van der Waals surface area contributed by atoms with Gasteiger partial charge < -0.3 is 10.6 Å². The van der Waals surface area contributed by atoms with Gasteiger partial charge in [-0.15, -0.1) is 0 Å². The molecule has 1 amide bonds. The van der Waals surface area contributed by atoms with E-state index in [1.54, 1.807) is 0 Å². The quantitative estimate of drug-likeness (QED) is 0.829. The highest BCUT2D eigenvalue weighted by atomic mass is 16.1. The Morgan fingerprint density at radius 1 is 1.12 bits per heavy atom. The SMILES string of the molecule is CCn1nc(C)c(NC(=O)CNCc2nc(C)c3c(n2)CCCC3)c1C. The Morgan fingerprint density at radius 3 is 2.62 bits per heavy atom. The first kappa shape index (κ1) is 18.5. The molecular weight excluding hydrogens is 328 g/mol. The van der Waals surface area contributed by atoms with E-state index < -0.39 is 0 Å². The van der Waals surface area contributed by atoms with Crippen molar-refractivity contribution in [3.05, 3.63) is 34.2 Å². The molecule has 0 aromatic carbocycles. The summed E-state index contributed by atoms with van der Waals surface area (Å²) in [6, 6.07) is 0. The van der Waals surface area contributed by atoms with Crippen LogP contribution in [0.3, 0.4) is 0 Å². The van der Waals surface area contributed by atoms with E-state index in [1.807, 2.05) is 25.5 Å². The predicted molar refractivity (Wildman–Crippen MR) is 101 cm³/mol. The lowest BCUT2D eigenvalue weighted by molar-refractivity contribution is -0.115. The van der Waals surface area contributed by atoms with Gasteiger partial charge in [0, 0.05) is 17.9 Å². The standard InChI is InChI=1S/C19H28N6O/c1-5-25-14(4)19(13(3)24-25)23-18(26)11-20-10-17-21-12(2)15-8-6-7-9-16(15)22-17/h20H,5-11H2,1-4H3,(H,23,26). The number of aryl methyl sites for hydroxylation is 4. The van der Waals surface area contributed by atoms with Gasteiger partial charge >= 0.3 is 0 Å². The molecule has 2 N–H and O–H groups in total. The molecule has 1 aliphatic carbocycles. The van der Waals surface area contributed by atoms with Crippen LogP contribution in [0.5, 0.6) is 0 Å². The van der Waals surface area contributed by atoms with E-state index in [-0.39, 0.29) is 12.5 Å². The minimum absolute atomic E-state index is 0.0819. The molecule has 3 rings (SSSR count). The van der Waals surface area contributed by atoms with Crippen LogP contribution in [0.4, 0.5) is 5.69 Å². The molecule has 7 nitrogen and oxygen atoms in total. The number of amides is 1. The van der Waals surface area contributed by atoms with Gasteiger partial charge in [0.15, 0.2) is 0 Å². The average molecular weight is 356 g/mol. The van der Waals surface area contributed by atoms with E-state index in [0.29, 0.717) is 6.54 Å². The zero-order chi connectivity index (χ0) is 18.7. The number of nitrogens with zero attached hydrogens (tertiary/aromatic N) is 4. The fraction of sp³-hybridized carbons (Fsp3) is 0.579. The van der Waals surface area contributed by atoms with Crippen molar-refractivity contribution in [3.8, 4) is 0 Å². The van der Waals surface area contributed by atoms with Gasteiger partial charge in [-0.1, -0.05) is 0 Å². The van der Waals surface area contributed by atoms with Crippen molar-refractivity contribution < 1.29 is 4.79 Å². The average Bonchev–Trinajstić information content (AvgIpc) is 2.89. The Kier molecular flexibility index (Phi) is 5.66. The Hall–Kier alpha value is -2.28. The fourth-order valence-corrected chi connectivity index (χ4v) is 3.58. The first-order chi connectivity index (χ1) is 12.5. The van der Waals surface area contributed by atoms with Crippen LogP contribution in [0.25, 0.3) is 0 Å². The van der Waals surface area contributed by atoms with E-state index in [2.05, 4.69) is 32.6 Å². The Morgan fingerprint density at radius 2 is 1.88 bits per heavy atom. The maximum absolute atomic E-state index is 12.3. The Labute approximate surface area is 154 Å². The number of carbonyl (C=O) groups is 1. The second-order valence-corrected chi connectivity index (χ2v) is 6.87. The van der Waals surface area contributed by atoms with Crippen LogP contribution in [0.2, 0.25) is 0 Å². The normalized spacial score (nSPS) is 13.5. The number of nitrogens with one attached hydrogen (secondary N) is 2. The molecule has 0 unspecified atom stereocenters. The second kappa shape index (κ2) is 7.95. The molecule has 0 fully saturated rings. The van der Waals surface area contributed by atoms with Crippen molar-refractivity contribution in [1.82, 2.24) is 25.1 Å². The van der Waals surface area contributed by atoms with Gasteiger partial charge in [-0.05, 0) is 58.9 Å². The van der Waals surface area contributed by atoms with Gasteiger partial charge in [0.25, 0.3) is 0 Å². The predicted octanol–water partition coefficient (Wildman–Crippen LogP) is 2.23. The molecule has 0 saturated heterocycles. The highest BCUT2D eigenvalue weighted by Crippen LogP contribution is 2.21. The molecular formula is C19H28N6O. The third-order valence-corrected chi connectivity index (χ3v) is 4.95. The maximum Gasteiger partial charge on any atom is 0.238 e. The summed E-state index contributed by atoms with van der Waals surface area (Å²) in [6.45, 7) is 9.47. The van der Waals surface area contributed by atoms with E-state index >= 15 is 0 Å². The summed E-state index contributed by atoms with van der Waals surface area (Å²) in [6.07, 6.45) is 4.54. The van der Waals surface area contributed by atoms with Crippen molar-refractivity contribution in [3.63, 3.8) is 0 Å². The van der Waals surface area contributed by atoms with E-state index in [9.17, 15) is 4.79 Å². The molecule has 2 heterocycles. The maximum atomic E-state index is 12.3. The van der Waals surface area contributed by atoms with Crippen LogP contribution >= 0.6 is 0 Å². The zero-order valence-corrected chi connectivity index (χ0v) is 16.1. The molecule has 2 aromatic heterocycles. The molecule has 1 aliphatic rings. The van der Waals surface area contributed by atoms with Crippen molar-refractivity contribution in [2.24, 2.45) is 0 Å². The van der Waals surface area contributed by atoms with Gasteiger partial charge in [-0.25, -0.2) is 9.97 Å². The molecule has 0 bridgehead atoms. The summed E-state index contributed by atoms with van der Waals surface area (Å²) < 4.78 is 1.89. The van der Waals surface area contributed by atoms with Gasteiger partial charge in [0.1, 0.15) is 5.82 Å². The second-order valence-electron chi connectivity index (χ2n) is 6.87. The monoisotopic (exact) mass is 356 g/mol. The number of fused-ring (bicyclic) bond motifs is 1. The summed E-state index contributed by atoms with van der Waals surface area (Å²) >= 11 is 0. The van der Waals surface area contributed by atoms with Gasteiger partial charge in [0.2, 0.25) is 5.91 Å². The summed E-state index contributed by atoms with van der Waals surface area (Å²) in [7, 11) is 0. The summed E-state index contributed by atoms with van der Waals surface area (Å²) in [5.41, 5.74) is 6.20. The molecule has 7 heteroatoms. The van der Waals surface area contributed by atoms with Crippen molar-refractivity contribution in [1.29, 1.82) is 0 Å². The summed E-state index contributed by atoms with van der Waals surface area (Å²) in [5.74, 6) is 0.684. The number of anilines is 1. The molecule has 26 heavy (non-hydrogen) atoms. The minimum atomic E-state index is -0.0819. The number of carbonyl (C=O) groups excluding carboxylic acids is 1. The number of hydrogen-bond acceptors (Lipinski definition) is 5. The van der Waals surface area contributed by atoms with Crippen LogP contribution in [-0.2, 0) is 30.7 Å². The molecule has 0 aliphatic heterocycles. The van der Waals surface area contributed by atoms with E-state index in [4.69, 9.17) is 0 Å². The molecule has 0 spiro atoms. The third kappa shape index (κ3) is 3.93. The molecule has 140 valence electrons. The third-order valence-electron chi connectivity index (χ3n) is 4.95. The number of rotatable bonds is 6. The van der Waals surface area contributed by atoms with Gasteiger partial charge in [-0.3, -0.25) is 9.48 Å². The zero-order valence-electron chi connectivity index (χ0n) is 16.1. The van der Waals surface area contributed by atoms with Crippen molar-refractivity contribution >= 4 is 11.6 Å². The van der Waals surface area contributed by atoms with Crippen LogP contribution in [0.15, 0.2) is 0 Å². The highest BCUT2D eigenvalue weighted by Gasteiger charge is 2.16. The van der Waals surface area contributed by atoms with Crippen LogP contribution in [-0.4, -0.2) is 32.2 Å². The van der Waals surface area contributed by atoms with Crippen molar-refractivity contribution in [2.75, 3.05) is 11.9 Å². The lowest BCUT2D eigenvalue weighted by Crippen LogP contribution is -2.29. The lowest BCUT2D eigenvalue weighted by atomic mass is 9.95. The smallest absolute Gasteiger partial charge is 0.238 e. The minimum Gasteiger partial charge on any atom is -0.322 e. The summed E-state index contributed by atoms with van der Waals surface area (Å²) in [5, 5.41) is 10.5. The first-order valence-electron chi connectivity index (χ1n) is 9.39. The van der Waals surface area contributed by atoms with Crippen molar-refractivity contribution in [2.45, 2.75) is 66.5 Å². The Bertz CT molecular complexity index is 811. The van der Waals surface area contributed by atoms with Crippen LogP contribution in [0.1, 0.15) is 53.9 Å².